The molecule has 0 unspecified atom stereocenters. The second-order valence-corrected chi connectivity index (χ2v) is 9.20. The second-order valence-electron chi connectivity index (χ2n) is 6.77. The Morgan fingerprint density at radius 1 is 1.12 bits per heavy atom. The van der Waals surface area contributed by atoms with E-state index in [4.69, 9.17) is 25.6 Å². The number of benzene rings is 2. The van der Waals surface area contributed by atoms with Gasteiger partial charge < -0.3 is 19.3 Å². The molecule has 0 atom stereocenters. The maximum Gasteiger partial charge on any atom is 0.227 e. The third kappa shape index (κ3) is 6.21. The fourth-order valence-corrected chi connectivity index (χ4v) is 4.15. The number of sulfone groups is 1. The van der Waals surface area contributed by atoms with Crippen molar-refractivity contribution in [2.75, 3.05) is 14.2 Å². The predicted molar refractivity (Wildman–Crippen MR) is 116 cm³/mol. The Labute approximate surface area is 190 Å². The molecule has 1 amide bonds. The number of nitrogens with zero attached hydrogens (tertiary/aromatic N) is 2. The normalized spacial score (nSPS) is 11.2. The van der Waals surface area contributed by atoms with Gasteiger partial charge in [-0.2, -0.15) is 4.98 Å². The van der Waals surface area contributed by atoms with Gasteiger partial charge in [0.25, 0.3) is 0 Å². The van der Waals surface area contributed by atoms with E-state index in [1.807, 2.05) is 6.07 Å². The molecule has 32 heavy (non-hydrogen) atoms. The van der Waals surface area contributed by atoms with Gasteiger partial charge in [0.1, 0.15) is 17.3 Å². The molecular formula is C21H22ClN3O6S. The molecule has 0 aliphatic heterocycles. The summed E-state index contributed by atoms with van der Waals surface area (Å²) in [5, 5.41) is 6.94. The lowest BCUT2D eigenvalue weighted by Gasteiger charge is -2.11. The summed E-state index contributed by atoms with van der Waals surface area (Å²) in [4.78, 5) is 16.4. The minimum absolute atomic E-state index is 0.0262. The molecule has 2 aromatic carbocycles. The highest BCUT2D eigenvalue weighted by atomic mass is 35.5. The lowest BCUT2D eigenvalue weighted by atomic mass is 10.2. The summed E-state index contributed by atoms with van der Waals surface area (Å²) in [6, 6.07) is 11.2. The molecule has 0 saturated carbocycles. The average molecular weight is 480 g/mol. The van der Waals surface area contributed by atoms with Crippen molar-refractivity contribution in [3.05, 3.63) is 64.8 Å². The summed E-state index contributed by atoms with van der Waals surface area (Å²) in [5.74, 6) is 0.829. The van der Waals surface area contributed by atoms with Gasteiger partial charge in [0.05, 0.1) is 19.1 Å². The van der Waals surface area contributed by atoms with Crippen LogP contribution >= 0.6 is 11.6 Å². The van der Waals surface area contributed by atoms with Crippen LogP contribution in [0.15, 0.2) is 51.9 Å². The molecule has 0 bridgehead atoms. The summed E-state index contributed by atoms with van der Waals surface area (Å²) in [7, 11) is -0.539. The van der Waals surface area contributed by atoms with Crippen LogP contribution in [0, 0.1) is 0 Å². The Hall–Kier alpha value is -3.11. The zero-order valence-electron chi connectivity index (χ0n) is 17.5. The molecule has 170 valence electrons. The quantitative estimate of drug-likeness (QED) is 0.471. The Morgan fingerprint density at radius 2 is 1.88 bits per heavy atom. The van der Waals surface area contributed by atoms with Crippen LogP contribution in [0.1, 0.15) is 23.7 Å². The van der Waals surface area contributed by atoms with Crippen molar-refractivity contribution in [3.63, 3.8) is 0 Å². The molecule has 0 radical (unpaired) electrons. The van der Waals surface area contributed by atoms with Crippen LogP contribution in [0.3, 0.4) is 0 Å². The van der Waals surface area contributed by atoms with Crippen molar-refractivity contribution in [3.8, 4) is 11.5 Å². The molecule has 9 nitrogen and oxygen atoms in total. The number of halogens is 1. The number of carbonyl (C=O) groups excluding carboxylic acids is 1. The van der Waals surface area contributed by atoms with Crippen molar-refractivity contribution in [1.82, 2.24) is 15.5 Å². The number of methoxy groups -OCH3 is 2. The lowest BCUT2D eigenvalue weighted by Crippen LogP contribution is -2.23. The monoisotopic (exact) mass is 479 g/mol. The van der Waals surface area contributed by atoms with Gasteiger partial charge in [-0.25, -0.2) is 8.42 Å². The van der Waals surface area contributed by atoms with E-state index < -0.39 is 15.6 Å². The first-order valence-electron chi connectivity index (χ1n) is 9.58. The van der Waals surface area contributed by atoms with Crippen LogP contribution < -0.4 is 14.8 Å². The Balaban J connectivity index is 1.51. The molecule has 0 fully saturated rings. The van der Waals surface area contributed by atoms with Crippen molar-refractivity contribution in [1.29, 1.82) is 0 Å². The van der Waals surface area contributed by atoms with Crippen LogP contribution in [0.2, 0.25) is 5.02 Å². The van der Waals surface area contributed by atoms with Crippen LogP contribution in [0.5, 0.6) is 11.5 Å². The number of hydrogen-bond acceptors (Lipinski definition) is 8. The lowest BCUT2D eigenvalue weighted by molar-refractivity contribution is -0.121. The summed E-state index contributed by atoms with van der Waals surface area (Å²) in [6.45, 7) is 0.278. The van der Waals surface area contributed by atoms with E-state index in [2.05, 4.69) is 15.5 Å². The number of ether oxygens (including phenoxy) is 2. The third-order valence-corrected chi connectivity index (χ3v) is 6.42. The molecular weight excluding hydrogens is 458 g/mol. The van der Waals surface area contributed by atoms with Gasteiger partial charge in [-0.1, -0.05) is 16.8 Å². The van der Waals surface area contributed by atoms with Crippen molar-refractivity contribution in [2.24, 2.45) is 0 Å². The van der Waals surface area contributed by atoms with Gasteiger partial charge in [-0.15, -0.1) is 0 Å². The number of carbonyl (C=O) groups is 1. The molecule has 0 spiro atoms. The Kier molecular flexibility index (Phi) is 7.70. The topological polar surface area (TPSA) is 121 Å². The van der Waals surface area contributed by atoms with Gasteiger partial charge >= 0.3 is 0 Å². The van der Waals surface area contributed by atoms with Gasteiger partial charge in [-0.05, 0) is 36.4 Å². The van der Waals surface area contributed by atoms with Crippen molar-refractivity contribution < 1.29 is 27.2 Å². The van der Waals surface area contributed by atoms with Crippen LogP contribution in [-0.2, 0) is 33.4 Å². The first kappa shape index (κ1) is 23.6. The number of aryl methyl sites for hydroxylation is 1. The number of hydrogen-bond donors (Lipinski definition) is 1. The maximum absolute atomic E-state index is 12.5. The van der Waals surface area contributed by atoms with E-state index in [-0.39, 0.29) is 41.9 Å². The highest BCUT2D eigenvalue weighted by Gasteiger charge is 2.19. The van der Waals surface area contributed by atoms with E-state index in [0.717, 1.165) is 5.56 Å². The molecule has 1 N–H and O–H groups in total. The minimum atomic E-state index is -3.64. The zero-order chi connectivity index (χ0) is 23.1. The van der Waals surface area contributed by atoms with Crippen LogP contribution in [0.4, 0.5) is 0 Å². The Morgan fingerprint density at radius 3 is 2.56 bits per heavy atom. The highest BCUT2D eigenvalue weighted by Crippen LogP contribution is 2.24. The van der Waals surface area contributed by atoms with Crippen LogP contribution in [0.25, 0.3) is 0 Å². The minimum Gasteiger partial charge on any atom is -0.497 e. The summed E-state index contributed by atoms with van der Waals surface area (Å²) < 4.78 is 40.5. The molecule has 0 aliphatic carbocycles. The molecule has 1 heterocycles. The number of rotatable bonds is 10. The van der Waals surface area contributed by atoms with E-state index >= 15 is 0 Å². The first-order chi connectivity index (χ1) is 15.3. The van der Waals surface area contributed by atoms with E-state index in [9.17, 15) is 13.2 Å². The number of aromatic nitrogens is 2. The molecule has 0 saturated heterocycles. The fraction of sp³-hybridized carbons (Fsp3) is 0.286. The molecule has 1 aromatic heterocycles. The predicted octanol–water partition coefficient (Wildman–Crippen LogP) is 2.96. The largest absolute Gasteiger partial charge is 0.497 e. The smallest absolute Gasteiger partial charge is 0.227 e. The molecule has 3 rings (SSSR count). The summed E-state index contributed by atoms with van der Waals surface area (Å²) in [5.41, 5.74) is 0.800. The van der Waals surface area contributed by atoms with Crippen LogP contribution in [-0.4, -0.2) is 38.7 Å². The van der Waals surface area contributed by atoms with E-state index in [1.54, 1.807) is 26.4 Å². The highest BCUT2D eigenvalue weighted by molar-refractivity contribution is 7.90. The fourth-order valence-electron chi connectivity index (χ4n) is 2.85. The number of amides is 1. The van der Waals surface area contributed by atoms with E-state index in [1.165, 1.54) is 24.3 Å². The second kappa shape index (κ2) is 10.5. The SMILES string of the molecule is COc1ccc(CNC(=O)CCc2nc(CS(=O)(=O)c3ccc(Cl)cc3)no2)c(OC)c1. The van der Waals surface area contributed by atoms with Crippen molar-refractivity contribution >= 4 is 27.3 Å². The maximum atomic E-state index is 12.5. The molecule has 0 aliphatic rings. The zero-order valence-corrected chi connectivity index (χ0v) is 19.1. The van der Waals surface area contributed by atoms with E-state index in [0.29, 0.717) is 16.5 Å². The van der Waals surface area contributed by atoms with Gasteiger partial charge in [0.2, 0.25) is 11.8 Å². The summed E-state index contributed by atoms with van der Waals surface area (Å²) in [6.07, 6.45) is 0.281. The molecule has 11 heteroatoms. The number of nitrogens with one attached hydrogen (secondary N) is 1. The molecule has 3 aromatic rings. The van der Waals surface area contributed by atoms with Gasteiger partial charge in [0.15, 0.2) is 15.7 Å². The van der Waals surface area contributed by atoms with Gasteiger partial charge in [-0.3, -0.25) is 4.79 Å². The van der Waals surface area contributed by atoms with Crippen molar-refractivity contribution in [2.45, 2.75) is 30.0 Å². The van der Waals surface area contributed by atoms with Gasteiger partial charge in [0, 0.05) is 36.0 Å². The third-order valence-electron chi connectivity index (χ3n) is 4.54. The Bertz CT molecular complexity index is 1180. The average Bonchev–Trinajstić information content (AvgIpc) is 3.22. The standard InChI is InChI=1S/C21H22ClN3O6S/c1-29-16-6-3-14(18(11-16)30-2)12-23-20(26)9-10-21-24-19(25-31-21)13-32(27,28)17-7-4-15(22)5-8-17/h3-8,11H,9-10,12-13H2,1-2H3,(H,23,26). The summed E-state index contributed by atoms with van der Waals surface area (Å²) >= 11 is 5.79. The first-order valence-corrected chi connectivity index (χ1v) is 11.6.